The summed E-state index contributed by atoms with van der Waals surface area (Å²) < 4.78 is 4.96. The van der Waals surface area contributed by atoms with Crippen molar-refractivity contribution in [2.45, 2.75) is 12.8 Å². The maximum absolute atomic E-state index is 11.5. The number of hydrogen-bond donors (Lipinski definition) is 2. The highest BCUT2D eigenvalue weighted by Gasteiger charge is 2.28. The molecule has 1 heterocycles. The van der Waals surface area contributed by atoms with Gasteiger partial charge >= 0.3 is 7.12 Å². The Balaban J connectivity index is 2.57. The molecule has 0 radical (unpaired) electrons. The number of ether oxygens (including phenoxy) is 1. The van der Waals surface area contributed by atoms with Gasteiger partial charge in [-0.3, -0.25) is 4.79 Å². The molecule has 15 heavy (non-hydrogen) atoms. The number of rotatable bonds is 2. The van der Waals surface area contributed by atoms with E-state index in [1.165, 1.54) is 13.2 Å². The minimum atomic E-state index is -1.64. The number of pyridine rings is 1. The second-order valence-electron chi connectivity index (χ2n) is 3.39. The number of hydrogen-bond acceptors (Lipinski definition) is 5. The molecule has 1 aliphatic rings. The molecule has 1 aromatic heterocycles. The standard InChI is InChI=1S/C9H10BNO4/c1-15-9-8-5(2-3-6(8)12)4-7(11-9)10(13)14/h4,13-14H,2-3H2,1H3. The Morgan fingerprint density at radius 2 is 2.20 bits per heavy atom. The minimum absolute atomic E-state index is 0.00618. The van der Waals surface area contributed by atoms with Crippen LogP contribution in [0.15, 0.2) is 6.07 Å². The highest BCUT2D eigenvalue weighted by atomic mass is 16.5. The van der Waals surface area contributed by atoms with Crippen molar-refractivity contribution in [2.24, 2.45) is 0 Å². The molecule has 0 fully saturated rings. The summed E-state index contributed by atoms with van der Waals surface area (Å²) >= 11 is 0. The van der Waals surface area contributed by atoms with Crippen molar-refractivity contribution in [3.63, 3.8) is 0 Å². The van der Waals surface area contributed by atoms with Gasteiger partial charge in [0.1, 0.15) is 0 Å². The van der Waals surface area contributed by atoms with Crippen LogP contribution >= 0.6 is 0 Å². The summed E-state index contributed by atoms with van der Waals surface area (Å²) in [5.41, 5.74) is 1.36. The van der Waals surface area contributed by atoms with E-state index in [0.29, 0.717) is 18.4 Å². The number of nitrogens with zero attached hydrogens (tertiary/aromatic N) is 1. The van der Waals surface area contributed by atoms with Crippen LogP contribution in [-0.4, -0.2) is 35.0 Å². The summed E-state index contributed by atoms with van der Waals surface area (Å²) in [4.78, 5) is 15.4. The van der Waals surface area contributed by atoms with E-state index in [-0.39, 0.29) is 17.3 Å². The number of ketones is 1. The fraction of sp³-hybridized carbons (Fsp3) is 0.333. The molecule has 0 atom stereocenters. The molecule has 1 aliphatic carbocycles. The van der Waals surface area contributed by atoms with Crippen LogP contribution in [-0.2, 0) is 6.42 Å². The van der Waals surface area contributed by atoms with Crippen LogP contribution in [0.3, 0.4) is 0 Å². The van der Waals surface area contributed by atoms with E-state index < -0.39 is 7.12 Å². The first-order valence-electron chi connectivity index (χ1n) is 4.60. The molecule has 0 saturated carbocycles. The summed E-state index contributed by atoms with van der Waals surface area (Å²) in [6.45, 7) is 0. The first-order chi connectivity index (χ1) is 7.13. The van der Waals surface area contributed by atoms with E-state index in [1.807, 2.05) is 0 Å². The topological polar surface area (TPSA) is 79.7 Å². The third-order valence-corrected chi connectivity index (χ3v) is 2.45. The van der Waals surface area contributed by atoms with Gasteiger partial charge in [0.05, 0.1) is 18.3 Å². The molecule has 2 N–H and O–H groups in total. The average molecular weight is 207 g/mol. The quantitative estimate of drug-likeness (QED) is 0.601. The fourth-order valence-corrected chi connectivity index (χ4v) is 1.74. The van der Waals surface area contributed by atoms with Crippen LogP contribution < -0.4 is 10.3 Å². The number of Topliss-reactive ketones (excluding diaryl/α,β-unsaturated/α-hetero) is 1. The predicted molar refractivity (Wildman–Crippen MR) is 53.3 cm³/mol. The van der Waals surface area contributed by atoms with E-state index in [4.69, 9.17) is 14.8 Å². The molecule has 0 aliphatic heterocycles. The van der Waals surface area contributed by atoms with E-state index in [0.717, 1.165) is 5.56 Å². The Labute approximate surface area is 86.9 Å². The van der Waals surface area contributed by atoms with Gasteiger partial charge in [0.15, 0.2) is 5.78 Å². The predicted octanol–water partition coefficient (Wildman–Crippen LogP) is -1.10. The molecule has 0 aromatic carbocycles. The molecule has 0 spiro atoms. The van der Waals surface area contributed by atoms with Gasteiger partial charge in [-0.1, -0.05) is 0 Å². The Bertz CT molecular complexity index is 419. The Kier molecular flexibility index (Phi) is 2.46. The molecule has 1 aromatic rings. The van der Waals surface area contributed by atoms with Crippen LogP contribution in [0.4, 0.5) is 0 Å². The van der Waals surface area contributed by atoms with E-state index in [1.54, 1.807) is 0 Å². The van der Waals surface area contributed by atoms with Crippen molar-refractivity contribution in [3.8, 4) is 5.88 Å². The van der Waals surface area contributed by atoms with Crippen molar-refractivity contribution in [1.29, 1.82) is 0 Å². The molecular weight excluding hydrogens is 197 g/mol. The van der Waals surface area contributed by atoms with Crippen molar-refractivity contribution >= 4 is 18.5 Å². The van der Waals surface area contributed by atoms with Crippen molar-refractivity contribution < 1.29 is 19.6 Å². The van der Waals surface area contributed by atoms with Gasteiger partial charge < -0.3 is 14.8 Å². The first-order valence-corrected chi connectivity index (χ1v) is 4.60. The summed E-state index contributed by atoms with van der Waals surface area (Å²) in [5, 5.41) is 18.0. The van der Waals surface area contributed by atoms with E-state index in [2.05, 4.69) is 4.98 Å². The second-order valence-corrected chi connectivity index (χ2v) is 3.39. The van der Waals surface area contributed by atoms with Crippen molar-refractivity contribution in [2.75, 3.05) is 7.11 Å². The third kappa shape index (κ3) is 1.62. The zero-order chi connectivity index (χ0) is 11.0. The van der Waals surface area contributed by atoms with Gasteiger partial charge in [0.2, 0.25) is 5.88 Å². The largest absolute Gasteiger partial charge is 0.508 e. The molecule has 0 amide bonds. The summed E-state index contributed by atoms with van der Waals surface area (Å²) in [5.74, 6) is 0.173. The molecule has 6 heteroatoms. The van der Waals surface area contributed by atoms with Gasteiger partial charge in [-0.05, 0) is 18.1 Å². The number of carbonyl (C=O) groups is 1. The van der Waals surface area contributed by atoms with Gasteiger partial charge in [0.25, 0.3) is 0 Å². The summed E-state index contributed by atoms with van der Waals surface area (Å²) in [6.07, 6.45) is 1.03. The lowest BCUT2D eigenvalue weighted by molar-refractivity contribution is 0.0991. The maximum atomic E-state index is 11.5. The van der Waals surface area contributed by atoms with Gasteiger partial charge in [-0.15, -0.1) is 0 Å². The van der Waals surface area contributed by atoms with Crippen molar-refractivity contribution in [3.05, 3.63) is 17.2 Å². The molecule has 0 saturated heterocycles. The average Bonchev–Trinajstić information content (AvgIpc) is 2.59. The summed E-state index contributed by atoms with van der Waals surface area (Å²) in [7, 11) is -0.234. The number of methoxy groups -OCH3 is 1. The van der Waals surface area contributed by atoms with Gasteiger partial charge in [-0.2, -0.15) is 0 Å². The van der Waals surface area contributed by atoms with Gasteiger partial charge in [0, 0.05) is 6.42 Å². The maximum Gasteiger partial charge on any atom is 0.508 e. The molecule has 5 nitrogen and oxygen atoms in total. The summed E-state index contributed by atoms with van der Waals surface area (Å²) in [6, 6.07) is 1.54. The zero-order valence-electron chi connectivity index (χ0n) is 8.23. The smallest absolute Gasteiger partial charge is 0.480 e. The highest BCUT2D eigenvalue weighted by Crippen LogP contribution is 2.27. The Morgan fingerprint density at radius 3 is 2.80 bits per heavy atom. The highest BCUT2D eigenvalue weighted by molar-refractivity contribution is 6.57. The van der Waals surface area contributed by atoms with Crippen LogP contribution in [0.5, 0.6) is 5.88 Å². The fourth-order valence-electron chi connectivity index (χ4n) is 1.74. The number of fused-ring (bicyclic) bond motifs is 1. The Hall–Kier alpha value is -1.40. The lowest BCUT2D eigenvalue weighted by atomic mass is 9.84. The van der Waals surface area contributed by atoms with Crippen LogP contribution in [0.1, 0.15) is 22.3 Å². The lowest BCUT2D eigenvalue weighted by Gasteiger charge is -2.07. The normalized spacial score (nSPS) is 13.9. The van der Waals surface area contributed by atoms with Gasteiger partial charge in [-0.25, -0.2) is 4.98 Å². The second kappa shape index (κ2) is 3.64. The Morgan fingerprint density at radius 1 is 1.47 bits per heavy atom. The van der Waals surface area contributed by atoms with E-state index in [9.17, 15) is 4.79 Å². The third-order valence-electron chi connectivity index (χ3n) is 2.45. The first kappa shape index (κ1) is 10.1. The molecule has 78 valence electrons. The van der Waals surface area contributed by atoms with Crippen LogP contribution in [0.2, 0.25) is 0 Å². The molecular formula is C9H10BNO4. The van der Waals surface area contributed by atoms with Crippen LogP contribution in [0, 0.1) is 0 Å². The minimum Gasteiger partial charge on any atom is -0.480 e. The zero-order valence-corrected chi connectivity index (χ0v) is 8.23. The molecule has 2 rings (SSSR count). The number of aryl methyl sites for hydroxylation is 1. The molecule has 0 unspecified atom stereocenters. The van der Waals surface area contributed by atoms with E-state index >= 15 is 0 Å². The lowest BCUT2D eigenvalue weighted by Crippen LogP contribution is -2.33. The SMILES string of the molecule is COc1nc(B(O)O)cc2c1C(=O)CC2. The molecule has 0 bridgehead atoms. The van der Waals surface area contributed by atoms with Crippen molar-refractivity contribution in [1.82, 2.24) is 4.98 Å². The monoisotopic (exact) mass is 207 g/mol. The number of carbonyl (C=O) groups excluding carboxylic acids is 1. The van der Waals surface area contributed by atoms with Crippen LogP contribution in [0.25, 0.3) is 0 Å². The number of aromatic nitrogens is 1.